The van der Waals surface area contributed by atoms with Gasteiger partial charge in [-0.1, -0.05) is 0 Å². The second-order valence-corrected chi connectivity index (χ2v) is 8.37. The lowest BCUT2D eigenvalue weighted by atomic mass is 10.3. The predicted octanol–water partition coefficient (Wildman–Crippen LogP) is 3.77. The first-order valence-electron chi connectivity index (χ1n) is 8.92. The second kappa shape index (κ2) is 10.5. The minimum absolute atomic E-state index is 0. The number of guanidine groups is 1. The number of halogens is 1. The van der Waals surface area contributed by atoms with Crippen LogP contribution in [0.15, 0.2) is 22.5 Å². The third-order valence-electron chi connectivity index (χ3n) is 4.33. The summed E-state index contributed by atoms with van der Waals surface area (Å²) in [6, 6.07) is 4.33. The summed E-state index contributed by atoms with van der Waals surface area (Å²) in [6.07, 6.45) is 0.974. The summed E-state index contributed by atoms with van der Waals surface area (Å²) < 4.78 is 0. The number of thiophene rings is 1. The molecule has 0 aliphatic carbocycles. The van der Waals surface area contributed by atoms with Crippen LogP contribution in [0, 0.1) is 13.8 Å². The number of nitrogens with one attached hydrogen (secondary N) is 1. The minimum Gasteiger partial charge on any atom is -0.360 e. The monoisotopic (exact) mass is 505 g/mol. The van der Waals surface area contributed by atoms with E-state index in [1.54, 1.807) is 11.3 Å². The molecule has 0 amide bonds. The molecule has 144 valence electrons. The van der Waals surface area contributed by atoms with E-state index < -0.39 is 0 Å². The van der Waals surface area contributed by atoms with Crippen LogP contribution in [0.4, 0.5) is 5.00 Å². The molecular formula is C18H28IN5S2. The van der Waals surface area contributed by atoms with Crippen molar-refractivity contribution in [3.63, 3.8) is 0 Å². The van der Waals surface area contributed by atoms with E-state index in [1.165, 1.54) is 9.88 Å². The maximum absolute atomic E-state index is 4.87. The van der Waals surface area contributed by atoms with Crippen molar-refractivity contribution in [1.29, 1.82) is 0 Å². The van der Waals surface area contributed by atoms with Crippen LogP contribution in [0.3, 0.4) is 0 Å². The smallest absolute Gasteiger partial charge is 0.194 e. The van der Waals surface area contributed by atoms with E-state index in [-0.39, 0.29) is 24.0 Å². The third kappa shape index (κ3) is 5.56. The standard InChI is InChI=1S/C18H27N5S2.HI/c1-4-19-18(20-8-7-16-14(2)21-15(3)25-16)23-11-9-22(10-12-23)17-6-5-13-24-17;/h5-6,13H,4,7-12H2,1-3H3,(H,19,20);1H. The van der Waals surface area contributed by atoms with E-state index in [4.69, 9.17) is 4.99 Å². The topological polar surface area (TPSA) is 43.8 Å². The summed E-state index contributed by atoms with van der Waals surface area (Å²) in [5.74, 6) is 1.05. The van der Waals surface area contributed by atoms with Crippen LogP contribution in [0.25, 0.3) is 0 Å². The molecule has 0 spiro atoms. The van der Waals surface area contributed by atoms with Gasteiger partial charge in [-0.3, -0.25) is 4.99 Å². The zero-order chi connectivity index (χ0) is 17.6. The number of aliphatic imine (C=N–C) groups is 1. The number of anilines is 1. The molecule has 8 heteroatoms. The number of hydrogen-bond donors (Lipinski definition) is 1. The summed E-state index contributed by atoms with van der Waals surface area (Å²) in [6.45, 7) is 12.2. The SMILES string of the molecule is CCNC(=NCCc1sc(C)nc1C)N1CCN(c2cccs2)CC1.I. The molecule has 1 saturated heterocycles. The van der Waals surface area contributed by atoms with Crippen LogP contribution in [0.1, 0.15) is 22.5 Å². The Morgan fingerprint density at radius 1 is 1.27 bits per heavy atom. The lowest BCUT2D eigenvalue weighted by molar-refractivity contribution is 0.373. The Labute approximate surface area is 181 Å². The Balaban J connectivity index is 0.00000243. The van der Waals surface area contributed by atoms with Crippen molar-refractivity contribution in [2.45, 2.75) is 27.2 Å². The van der Waals surface area contributed by atoms with Gasteiger partial charge < -0.3 is 15.1 Å². The number of aryl methyl sites for hydroxylation is 2. The van der Waals surface area contributed by atoms with Crippen molar-refractivity contribution >= 4 is 57.6 Å². The van der Waals surface area contributed by atoms with Gasteiger partial charge in [0, 0.05) is 50.6 Å². The molecule has 3 rings (SSSR count). The molecule has 1 aliphatic heterocycles. The van der Waals surface area contributed by atoms with Crippen LogP contribution < -0.4 is 10.2 Å². The van der Waals surface area contributed by atoms with E-state index in [2.05, 4.69) is 58.4 Å². The fourth-order valence-electron chi connectivity index (χ4n) is 3.08. The minimum atomic E-state index is 0. The largest absolute Gasteiger partial charge is 0.360 e. The zero-order valence-corrected chi connectivity index (χ0v) is 19.7. The van der Waals surface area contributed by atoms with Gasteiger partial charge in [0.1, 0.15) is 0 Å². The lowest BCUT2D eigenvalue weighted by Crippen LogP contribution is -2.52. The van der Waals surface area contributed by atoms with E-state index >= 15 is 0 Å². The molecule has 5 nitrogen and oxygen atoms in total. The molecule has 1 N–H and O–H groups in total. The Morgan fingerprint density at radius 2 is 2.04 bits per heavy atom. The van der Waals surface area contributed by atoms with Crippen molar-refractivity contribution < 1.29 is 0 Å². The molecular weight excluding hydrogens is 477 g/mol. The quantitative estimate of drug-likeness (QED) is 0.382. The Hall–Kier alpha value is -0.870. The summed E-state index contributed by atoms with van der Waals surface area (Å²) in [5.41, 5.74) is 1.16. The van der Waals surface area contributed by atoms with Crippen LogP contribution in [-0.4, -0.2) is 55.1 Å². The van der Waals surface area contributed by atoms with Gasteiger partial charge in [-0.2, -0.15) is 0 Å². The zero-order valence-electron chi connectivity index (χ0n) is 15.7. The predicted molar refractivity (Wildman–Crippen MR) is 125 cm³/mol. The highest BCUT2D eigenvalue weighted by Crippen LogP contribution is 2.22. The molecule has 1 aliphatic rings. The maximum atomic E-state index is 4.87. The van der Waals surface area contributed by atoms with Gasteiger partial charge in [-0.25, -0.2) is 4.98 Å². The van der Waals surface area contributed by atoms with Gasteiger partial charge in [0.2, 0.25) is 0 Å². The molecule has 0 bridgehead atoms. The summed E-state index contributed by atoms with van der Waals surface area (Å²) in [5, 5.41) is 8.12. The molecule has 0 radical (unpaired) electrons. The normalized spacial score (nSPS) is 15.1. The number of nitrogens with zero attached hydrogens (tertiary/aromatic N) is 4. The highest BCUT2D eigenvalue weighted by Gasteiger charge is 2.20. The maximum Gasteiger partial charge on any atom is 0.194 e. The molecule has 26 heavy (non-hydrogen) atoms. The average Bonchev–Trinajstić information content (AvgIpc) is 3.24. The molecule has 0 unspecified atom stereocenters. The van der Waals surface area contributed by atoms with Crippen molar-refractivity contribution in [1.82, 2.24) is 15.2 Å². The average molecular weight is 505 g/mol. The van der Waals surface area contributed by atoms with Crippen molar-refractivity contribution in [2.24, 2.45) is 4.99 Å². The Morgan fingerprint density at radius 3 is 2.62 bits per heavy atom. The summed E-state index contributed by atoms with van der Waals surface area (Å²) in [4.78, 5) is 15.6. The van der Waals surface area contributed by atoms with Crippen LogP contribution >= 0.6 is 46.7 Å². The first-order valence-corrected chi connectivity index (χ1v) is 10.6. The molecule has 2 aromatic rings. The van der Waals surface area contributed by atoms with Gasteiger partial charge in [-0.15, -0.1) is 46.7 Å². The molecule has 0 aromatic carbocycles. The Bertz CT molecular complexity index is 691. The fraction of sp³-hybridized carbons (Fsp3) is 0.556. The number of rotatable bonds is 5. The van der Waals surface area contributed by atoms with Gasteiger partial charge >= 0.3 is 0 Å². The summed E-state index contributed by atoms with van der Waals surface area (Å²) in [7, 11) is 0. The fourth-order valence-corrected chi connectivity index (χ4v) is 4.79. The number of piperazine rings is 1. The molecule has 3 heterocycles. The lowest BCUT2D eigenvalue weighted by Gasteiger charge is -2.37. The van der Waals surface area contributed by atoms with Crippen molar-refractivity contribution in [3.05, 3.63) is 33.1 Å². The van der Waals surface area contributed by atoms with Crippen molar-refractivity contribution in [2.75, 3.05) is 44.2 Å². The highest BCUT2D eigenvalue weighted by atomic mass is 127. The molecule has 0 atom stereocenters. The number of hydrogen-bond acceptors (Lipinski definition) is 5. The van der Waals surface area contributed by atoms with Crippen molar-refractivity contribution in [3.8, 4) is 0 Å². The van der Waals surface area contributed by atoms with E-state index in [0.29, 0.717) is 0 Å². The van der Waals surface area contributed by atoms with E-state index in [1.807, 2.05) is 11.3 Å². The van der Waals surface area contributed by atoms with Gasteiger partial charge in [0.25, 0.3) is 0 Å². The van der Waals surface area contributed by atoms with E-state index in [9.17, 15) is 0 Å². The van der Waals surface area contributed by atoms with E-state index in [0.717, 1.165) is 62.4 Å². The molecule has 2 aromatic heterocycles. The first-order chi connectivity index (χ1) is 12.2. The first kappa shape index (κ1) is 21.4. The number of aromatic nitrogens is 1. The second-order valence-electron chi connectivity index (χ2n) is 6.15. The highest BCUT2D eigenvalue weighted by molar-refractivity contribution is 14.0. The van der Waals surface area contributed by atoms with Gasteiger partial charge in [-0.05, 0) is 38.3 Å². The van der Waals surface area contributed by atoms with Crippen LogP contribution in [0.5, 0.6) is 0 Å². The number of thiazole rings is 1. The van der Waals surface area contributed by atoms with Crippen LogP contribution in [0.2, 0.25) is 0 Å². The van der Waals surface area contributed by atoms with Gasteiger partial charge in [0.05, 0.1) is 15.7 Å². The molecule has 1 fully saturated rings. The van der Waals surface area contributed by atoms with Crippen LogP contribution in [-0.2, 0) is 6.42 Å². The molecule has 0 saturated carbocycles. The van der Waals surface area contributed by atoms with Gasteiger partial charge in [0.15, 0.2) is 5.96 Å². The summed E-state index contributed by atoms with van der Waals surface area (Å²) >= 11 is 3.61. The Kier molecular flexibility index (Phi) is 8.62. The third-order valence-corrected chi connectivity index (χ3v) is 6.39.